The highest BCUT2D eigenvalue weighted by Crippen LogP contribution is 2.27. The van der Waals surface area contributed by atoms with Gasteiger partial charge in [-0.2, -0.15) is 0 Å². The molecule has 0 aromatic carbocycles. The minimum atomic E-state index is 0.167. The Labute approximate surface area is 114 Å². The van der Waals surface area contributed by atoms with E-state index in [2.05, 4.69) is 15.3 Å². The fourth-order valence-electron chi connectivity index (χ4n) is 2.62. The molecule has 0 radical (unpaired) electrons. The molecule has 1 heterocycles. The Kier molecular flexibility index (Phi) is 5.66. The SMILES string of the molecule is O=C(CCC1CCCCC1)NC/C=C\c1cnc[nH]1. The Morgan fingerprint density at radius 2 is 2.26 bits per heavy atom. The number of aromatic nitrogens is 2. The van der Waals surface area contributed by atoms with Gasteiger partial charge in [0.15, 0.2) is 0 Å². The van der Waals surface area contributed by atoms with Crippen molar-refractivity contribution in [3.63, 3.8) is 0 Å². The van der Waals surface area contributed by atoms with E-state index in [0.717, 1.165) is 18.0 Å². The molecule has 2 rings (SSSR count). The summed E-state index contributed by atoms with van der Waals surface area (Å²) < 4.78 is 0. The average molecular weight is 261 g/mol. The summed E-state index contributed by atoms with van der Waals surface area (Å²) in [7, 11) is 0. The molecule has 0 atom stereocenters. The van der Waals surface area contributed by atoms with Gasteiger partial charge in [0.05, 0.1) is 18.2 Å². The zero-order valence-electron chi connectivity index (χ0n) is 11.4. The van der Waals surface area contributed by atoms with Crippen LogP contribution in [-0.2, 0) is 4.79 Å². The van der Waals surface area contributed by atoms with Gasteiger partial charge in [0.1, 0.15) is 0 Å². The van der Waals surface area contributed by atoms with Crippen molar-refractivity contribution in [3.05, 3.63) is 24.3 Å². The quantitative estimate of drug-likeness (QED) is 0.827. The highest BCUT2D eigenvalue weighted by atomic mass is 16.1. The Balaban J connectivity index is 1.56. The lowest BCUT2D eigenvalue weighted by Gasteiger charge is -2.20. The molecule has 4 heteroatoms. The van der Waals surface area contributed by atoms with Crippen molar-refractivity contribution in [1.29, 1.82) is 0 Å². The van der Waals surface area contributed by atoms with Crippen LogP contribution in [0.2, 0.25) is 0 Å². The number of carbonyl (C=O) groups excluding carboxylic acids is 1. The number of H-pyrrole nitrogens is 1. The van der Waals surface area contributed by atoms with Crippen LogP contribution < -0.4 is 5.32 Å². The van der Waals surface area contributed by atoms with Gasteiger partial charge in [0.2, 0.25) is 5.91 Å². The molecule has 0 aliphatic heterocycles. The maximum absolute atomic E-state index is 11.7. The zero-order valence-corrected chi connectivity index (χ0v) is 11.4. The number of carbonyl (C=O) groups is 1. The van der Waals surface area contributed by atoms with Gasteiger partial charge in [-0.1, -0.05) is 38.2 Å². The van der Waals surface area contributed by atoms with E-state index in [1.165, 1.54) is 32.1 Å². The van der Waals surface area contributed by atoms with Gasteiger partial charge in [0.25, 0.3) is 0 Å². The first-order valence-corrected chi connectivity index (χ1v) is 7.26. The number of rotatable bonds is 6. The Bertz CT molecular complexity index is 392. The number of nitrogens with one attached hydrogen (secondary N) is 2. The Morgan fingerprint density at radius 1 is 1.42 bits per heavy atom. The third-order valence-corrected chi connectivity index (χ3v) is 3.74. The molecule has 1 aliphatic rings. The van der Waals surface area contributed by atoms with E-state index in [9.17, 15) is 4.79 Å². The number of hydrogen-bond donors (Lipinski definition) is 2. The molecular weight excluding hydrogens is 238 g/mol. The third kappa shape index (κ3) is 5.28. The Morgan fingerprint density at radius 3 is 3.00 bits per heavy atom. The lowest BCUT2D eigenvalue weighted by atomic mass is 9.86. The van der Waals surface area contributed by atoms with Crippen LogP contribution in [0.5, 0.6) is 0 Å². The van der Waals surface area contributed by atoms with Gasteiger partial charge in [-0.05, 0) is 18.4 Å². The summed E-state index contributed by atoms with van der Waals surface area (Å²) in [5, 5.41) is 2.92. The first-order valence-electron chi connectivity index (χ1n) is 7.26. The third-order valence-electron chi connectivity index (χ3n) is 3.74. The largest absolute Gasteiger partial charge is 0.353 e. The molecule has 19 heavy (non-hydrogen) atoms. The monoisotopic (exact) mass is 261 g/mol. The van der Waals surface area contributed by atoms with E-state index >= 15 is 0 Å². The summed E-state index contributed by atoms with van der Waals surface area (Å²) in [5.74, 6) is 0.944. The molecule has 2 N–H and O–H groups in total. The van der Waals surface area contributed by atoms with Crippen molar-refractivity contribution in [2.75, 3.05) is 6.54 Å². The molecular formula is C15H23N3O. The predicted octanol–water partition coefficient (Wildman–Crippen LogP) is 2.90. The molecule has 1 saturated carbocycles. The molecule has 0 saturated heterocycles. The van der Waals surface area contributed by atoms with E-state index in [4.69, 9.17) is 0 Å². The van der Waals surface area contributed by atoms with Crippen molar-refractivity contribution in [2.24, 2.45) is 5.92 Å². The second kappa shape index (κ2) is 7.77. The summed E-state index contributed by atoms with van der Waals surface area (Å²) in [6, 6.07) is 0. The van der Waals surface area contributed by atoms with E-state index in [-0.39, 0.29) is 5.91 Å². The molecule has 0 bridgehead atoms. The Hall–Kier alpha value is -1.58. The summed E-state index contributed by atoms with van der Waals surface area (Å²) in [4.78, 5) is 18.6. The van der Waals surface area contributed by atoms with Crippen molar-refractivity contribution < 1.29 is 4.79 Å². The summed E-state index contributed by atoms with van der Waals surface area (Å²) in [6.45, 7) is 0.586. The molecule has 1 aliphatic carbocycles. The van der Waals surface area contributed by atoms with Gasteiger partial charge < -0.3 is 10.3 Å². The van der Waals surface area contributed by atoms with Crippen LogP contribution in [0.25, 0.3) is 6.08 Å². The van der Waals surface area contributed by atoms with E-state index in [1.54, 1.807) is 12.5 Å². The molecule has 1 amide bonds. The van der Waals surface area contributed by atoms with Gasteiger partial charge in [-0.15, -0.1) is 0 Å². The second-order valence-electron chi connectivity index (χ2n) is 5.26. The second-order valence-corrected chi connectivity index (χ2v) is 5.26. The van der Waals surface area contributed by atoms with Crippen LogP contribution >= 0.6 is 0 Å². The molecule has 4 nitrogen and oxygen atoms in total. The summed E-state index contributed by atoms with van der Waals surface area (Å²) >= 11 is 0. The first kappa shape index (κ1) is 13.8. The van der Waals surface area contributed by atoms with Gasteiger partial charge >= 0.3 is 0 Å². The highest BCUT2D eigenvalue weighted by molar-refractivity contribution is 5.76. The van der Waals surface area contributed by atoms with Crippen LogP contribution in [0.1, 0.15) is 50.6 Å². The maximum atomic E-state index is 11.7. The van der Waals surface area contributed by atoms with Gasteiger partial charge in [-0.25, -0.2) is 4.98 Å². The lowest BCUT2D eigenvalue weighted by Crippen LogP contribution is -2.24. The smallest absolute Gasteiger partial charge is 0.220 e. The van der Waals surface area contributed by atoms with Gasteiger partial charge in [0, 0.05) is 13.0 Å². The molecule has 1 fully saturated rings. The number of hydrogen-bond acceptors (Lipinski definition) is 2. The molecule has 0 unspecified atom stereocenters. The first-order chi connectivity index (χ1) is 9.34. The summed E-state index contributed by atoms with van der Waals surface area (Å²) in [5.41, 5.74) is 0.955. The van der Waals surface area contributed by atoms with Crippen molar-refractivity contribution in [1.82, 2.24) is 15.3 Å². The molecule has 1 aromatic rings. The highest BCUT2D eigenvalue weighted by Gasteiger charge is 2.14. The van der Waals surface area contributed by atoms with Crippen LogP contribution in [-0.4, -0.2) is 22.4 Å². The average Bonchev–Trinajstić information content (AvgIpc) is 2.96. The zero-order chi connectivity index (χ0) is 13.3. The fourth-order valence-corrected chi connectivity index (χ4v) is 2.62. The lowest BCUT2D eigenvalue weighted by molar-refractivity contribution is -0.121. The van der Waals surface area contributed by atoms with E-state index in [0.29, 0.717) is 13.0 Å². The molecule has 104 valence electrons. The topological polar surface area (TPSA) is 57.8 Å². The van der Waals surface area contributed by atoms with Crippen molar-refractivity contribution >= 4 is 12.0 Å². The van der Waals surface area contributed by atoms with Crippen LogP contribution in [0.3, 0.4) is 0 Å². The number of aromatic amines is 1. The van der Waals surface area contributed by atoms with Crippen LogP contribution in [0.15, 0.2) is 18.6 Å². The number of nitrogens with zero attached hydrogens (tertiary/aromatic N) is 1. The normalized spacial score (nSPS) is 16.8. The van der Waals surface area contributed by atoms with Crippen LogP contribution in [0.4, 0.5) is 0 Å². The summed E-state index contributed by atoms with van der Waals surface area (Å²) in [6.07, 6.45) is 15.7. The maximum Gasteiger partial charge on any atom is 0.220 e. The van der Waals surface area contributed by atoms with Crippen molar-refractivity contribution in [2.45, 2.75) is 44.9 Å². The van der Waals surface area contributed by atoms with Gasteiger partial charge in [-0.3, -0.25) is 4.79 Å². The van der Waals surface area contributed by atoms with Crippen molar-refractivity contribution in [3.8, 4) is 0 Å². The molecule has 0 spiro atoms. The predicted molar refractivity (Wildman–Crippen MR) is 76.4 cm³/mol. The fraction of sp³-hybridized carbons (Fsp3) is 0.600. The van der Waals surface area contributed by atoms with E-state index in [1.807, 2.05) is 12.2 Å². The van der Waals surface area contributed by atoms with Crippen LogP contribution in [0, 0.1) is 5.92 Å². The minimum Gasteiger partial charge on any atom is -0.353 e. The van der Waals surface area contributed by atoms with E-state index < -0.39 is 0 Å². The minimum absolute atomic E-state index is 0.167. The molecule has 1 aromatic heterocycles. The number of amides is 1. The standard InChI is InChI=1S/C15H23N3O/c19-15(9-8-13-5-2-1-3-6-13)17-10-4-7-14-11-16-12-18-14/h4,7,11-13H,1-3,5-6,8-10H2,(H,16,18)(H,17,19)/b7-4-. The number of imidazole rings is 1.